The number of nitrogens with two attached hydrogens (primary N) is 1. The maximum Gasteiger partial charge on any atom is 0.229 e. The van der Waals surface area contributed by atoms with Crippen LogP contribution in [0.3, 0.4) is 0 Å². The number of ketones is 1. The molecule has 5 nitrogen and oxygen atoms in total. The maximum atomic E-state index is 12.2. The quantitative estimate of drug-likeness (QED) is 0.831. The molecule has 1 aliphatic heterocycles. The standard InChI is InChI=1S/C14H18N2O3/c1-9(2)14(18)16-5-6-19-13-4-3-10(7-11(13)16)12(17)8-15/h3-4,7,9H,5-6,8,15H2,1-2H3. The van der Waals surface area contributed by atoms with Crippen LogP contribution in [0.25, 0.3) is 0 Å². The predicted molar refractivity (Wildman–Crippen MR) is 72.5 cm³/mol. The number of carbonyl (C=O) groups is 2. The zero-order valence-corrected chi connectivity index (χ0v) is 11.2. The molecule has 2 N–H and O–H groups in total. The van der Waals surface area contributed by atoms with Crippen LogP contribution in [-0.4, -0.2) is 31.4 Å². The minimum atomic E-state index is -0.148. The summed E-state index contributed by atoms with van der Waals surface area (Å²) in [7, 11) is 0. The average molecular weight is 262 g/mol. The van der Waals surface area contributed by atoms with Crippen molar-refractivity contribution in [3.8, 4) is 5.75 Å². The van der Waals surface area contributed by atoms with Crippen LogP contribution >= 0.6 is 0 Å². The second kappa shape index (κ2) is 5.40. The van der Waals surface area contributed by atoms with Gasteiger partial charge < -0.3 is 15.4 Å². The fourth-order valence-electron chi connectivity index (χ4n) is 2.05. The molecule has 1 aromatic carbocycles. The number of Topliss-reactive ketones (excluding diaryl/α,β-unsaturated/α-hetero) is 1. The third kappa shape index (κ3) is 2.61. The summed E-state index contributed by atoms with van der Waals surface area (Å²) < 4.78 is 5.52. The molecule has 5 heteroatoms. The van der Waals surface area contributed by atoms with E-state index in [1.54, 1.807) is 23.1 Å². The van der Waals surface area contributed by atoms with E-state index in [0.717, 1.165) is 0 Å². The molecule has 1 heterocycles. The van der Waals surface area contributed by atoms with Crippen molar-refractivity contribution in [2.24, 2.45) is 11.7 Å². The highest BCUT2D eigenvalue weighted by Gasteiger charge is 2.26. The molecule has 0 unspecified atom stereocenters. The SMILES string of the molecule is CC(C)C(=O)N1CCOc2ccc(C(=O)CN)cc21. The van der Waals surface area contributed by atoms with Gasteiger partial charge in [0.15, 0.2) is 5.78 Å². The van der Waals surface area contributed by atoms with Gasteiger partial charge in [-0.15, -0.1) is 0 Å². The zero-order chi connectivity index (χ0) is 14.0. The molecular formula is C14H18N2O3. The number of carbonyl (C=O) groups excluding carboxylic acids is 2. The van der Waals surface area contributed by atoms with Crippen molar-refractivity contribution in [3.63, 3.8) is 0 Å². The molecule has 1 aromatic rings. The highest BCUT2D eigenvalue weighted by molar-refractivity contribution is 6.01. The molecule has 1 amide bonds. The first-order valence-corrected chi connectivity index (χ1v) is 6.36. The lowest BCUT2D eigenvalue weighted by Gasteiger charge is -2.31. The number of benzene rings is 1. The molecule has 0 aromatic heterocycles. The Labute approximate surface area is 112 Å². The normalized spacial score (nSPS) is 14.0. The van der Waals surface area contributed by atoms with Crippen LogP contribution in [0, 0.1) is 5.92 Å². The van der Waals surface area contributed by atoms with Gasteiger partial charge in [0.05, 0.1) is 18.8 Å². The largest absolute Gasteiger partial charge is 0.490 e. The molecule has 102 valence electrons. The minimum absolute atomic E-state index is 0.0295. The topological polar surface area (TPSA) is 72.6 Å². The molecule has 2 rings (SSSR count). The summed E-state index contributed by atoms with van der Waals surface area (Å²) in [5.74, 6) is 0.417. The van der Waals surface area contributed by atoms with Crippen LogP contribution in [0.1, 0.15) is 24.2 Å². The maximum absolute atomic E-state index is 12.2. The second-order valence-electron chi connectivity index (χ2n) is 4.80. The second-order valence-corrected chi connectivity index (χ2v) is 4.80. The average Bonchev–Trinajstić information content (AvgIpc) is 2.44. The first kappa shape index (κ1) is 13.5. The lowest BCUT2D eigenvalue weighted by molar-refractivity contribution is -0.121. The van der Waals surface area contributed by atoms with Gasteiger partial charge in [-0.3, -0.25) is 9.59 Å². The number of nitrogens with zero attached hydrogens (tertiary/aromatic N) is 1. The highest BCUT2D eigenvalue weighted by atomic mass is 16.5. The fraction of sp³-hybridized carbons (Fsp3) is 0.429. The van der Waals surface area contributed by atoms with Crippen molar-refractivity contribution in [1.82, 2.24) is 0 Å². The Morgan fingerprint density at radius 1 is 1.42 bits per heavy atom. The molecule has 0 spiro atoms. The zero-order valence-electron chi connectivity index (χ0n) is 11.2. The lowest BCUT2D eigenvalue weighted by atomic mass is 10.1. The van der Waals surface area contributed by atoms with Crippen molar-refractivity contribution in [1.29, 1.82) is 0 Å². The number of anilines is 1. The molecule has 19 heavy (non-hydrogen) atoms. The van der Waals surface area contributed by atoms with Crippen molar-refractivity contribution in [3.05, 3.63) is 23.8 Å². The van der Waals surface area contributed by atoms with Gasteiger partial charge in [0.25, 0.3) is 0 Å². The Hall–Kier alpha value is -1.88. The number of rotatable bonds is 3. The van der Waals surface area contributed by atoms with Gasteiger partial charge in [0.2, 0.25) is 5.91 Å². The Morgan fingerprint density at radius 2 is 2.16 bits per heavy atom. The van der Waals surface area contributed by atoms with Crippen LogP contribution in [0.2, 0.25) is 0 Å². The van der Waals surface area contributed by atoms with E-state index in [1.165, 1.54) is 0 Å². The van der Waals surface area contributed by atoms with E-state index in [2.05, 4.69) is 0 Å². The summed E-state index contributed by atoms with van der Waals surface area (Å²) in [6, 6.07) is 5.08. The highest BCUT2D eigenvalue weighted by Crippen LogP contribution is 2.33. The van der Waals surface area contributed by atoms with E-state index in [-0.39, 0.29) is 24.2 Å². The number of hydrogen-bond donors (Lipinski definition) is 1. The molecule has 0 bridgehead atoms. The van der Waals surface area contributed by atoms with Crippen LogP contribution in [0.5, 0.6) is 5.75 Å². The first-order chi connectivity index (χ1) is 9.04. The minimum Gasteiger partial charge on any atom is -0.490 e. The predicted octanol–water partition coefficient (Wildman–Crippen LogP) is 1.21. The van der Waals surface area contributed by atoms with E-state index in [9.17, 15) is 9.59 Å². The van der Waals surface area contributed by atoms with E-state index >= 15 is 0 Å². The molecule has 1 aliphatic rings. The van der Waals surface area contributed by atoms with Gasteiger partial charge in [0.1, 0.15) is 12.4 Å². The third-order valence-electron chi connectivity index (χ3n) is 3.09. The summed E-state index contributed by atoms with van der Waals surface area (Å²) in [4.78, 5) is 25.5. The Morgan fingerprint density at radius 3 is 2.79 bits per heavy atom. The fourth-order valence-corrected chi connectivity index (χ4v) is 2.05. The number of ether oxygens (including phenoxy) is 1. The van der Waals surface area contributed by atoms with Gasteiger partial charge in [-0.2, -0.15) is 0 Å². The van der Waals surface area contributed by atoms with Crippen molar-refractivity contribution >= 4 is 17.4 Å². The van der Waals surface area contributed by atoms with Crippen molar-refractivity contribution in [2.75, 3.05) is 24.6 Å². The monoisotopic (exact) mass is 262 g/mol. The first-order valence-electron chi connectivity index (χ1n) is 6.36. The summed E-state index contributed by atoms with van der Waals surface area (Å²) >= 11 is 0. The van der Waals surface area contributed by atoms with Crippen LogP contribution in [0.15, 0.2) is 18.2 Å². The smallest absolute Gasteiger partial charge is 0.229 e. The summed E-state index contributed by atoms with van der Waals surface area (Å²) in [5.41, 5.74) is 6.53. The Kier molecular flexibility index (Phi) is 3.85. The summed E-state index contributed by atoms with van der Waals surface area (Å²) in [5, 5.41) is 0. The Balaban J connectivity index is 2.41. The molecule has 0 radical (unpaired) electrons. The van der Waals surface area contributed by atoms with Crippen LogP contribution in [-0.2, 0) is 4.79 Å². The number of hydrogen-bond acceptors (Lipinski definition) is 4. The van der Waals surface area contributed by atoms with E-state index in [1.807, 2.05) is 13.8 Å². The molecular weight excluding hydrogens is 244 g/mol. The van der Waals surface area contributed by atoms with E-state index in [0.29, 0.717) is 30.2 Å². The van der Waals surface area contributed by atoms with Crippen LogP contribution in [0.4, 0.5) is 5.69 Å². The summed E-state index contributed by atoms with van der Waals surface area (Å²) in [6.07, 6.45) is 0. The van der Waals surface area contributed by atoms with Crippen LogP contribution < -0.4 is 15.4 Å². The summed E-state index contributed by atoms with van der Waals surface area (Å²) in [6.45, 7) is 4.64. The molecule has 0 fully saturated rings. The van der Waals surface area contributed by atoms with Gasteiger partial charge >= 0.3 is 0 Å². The van der Waals surface area contributed by atoms with Gasteiger partial charge in [-0.1, -0.05) is 13.8 Å². The Bertz CT molecular complexity index is 511. The van der Waals surface area contributed by atoms with Crippen molar-refractivity contribution in [2.45, 2.75) is 13.8 Å². The molecule has 0 saturated carbocycles. The molecule has 0 aliphatic carbocycles. The lowest BCUT2D eigenvalue weighted by Crippen LogP contribution is -2.40. The van der Waals surface area contributed by atoms with Crippen molar-refractivity contribution < 1.29 is 14.3 Å². The molecule has 0 atom stereocenters. The van der Waals surface area contributed by atoms with E-state index < -0.39 is 0 Å². The number of fused-ring (bicyclic) bond motifs is 1. The van der Waals surface area contributed by atoms with Gasteiger partial charge in [-0.25, -0.2) is 0 Å². The number of amides is 1. The van der Waals surface area contributed by atoms with Gasteiger partial charge in [0, 0.05) is 11.5 Å². The van der Waals surface area contributed by atoms with E-state index in [4.69, 9.17) is 10.5 Å². The van der Waals surface area contributed by atoms with Gasteiger partial charge in [-0.05, 0) is 18.2 Å². The molecule has 0 saturated heterocycles. The third-order valence-corrected chi connectivity index (χ3v) is 3.09.